The van der Waals surface area contributed by atoms with Crippen molar-refractivity contribution in [3.8, 4) is 0 Å². The molecule has 2 fully saturated rings. The highest BCUT2D eigenvalue weighted by Gasteiger charge is 2.53. The van der Waals surface area contributed by atoms with Gasteiger partial charge < -0.3 is 9.84 Å². The van der Waals surface area contributed by atoms with Crippen molar-refractivity contribution >= 4 is 23.3 Å². The number of aliphatic carboxylic acids is 1. The van der Waals surface area contributed by atoms with Gasteiger partial charge in [-0.1, -0.05) is 6.42 Å². The summed E-state index contributed by atoms with van der Waals surface area (Å²) in [6.07, 6.45) is 3.29. The Bertz CT molecular complexity index is 786. The first-order chi connectivity index (χ1) is 12.7. The molecule has 1 unspecified atom stereocenters. The Morgan fingerprint density at radius 3 is 2.11 bits per heavy atom. The van der Waals surface area contributed by atoms with Crippen LogP contribution in [-0.2, 0) is 9.53 Å². The summed E-state index contributed by atoms with van der Waals surface area (Å²) < 4.78 is 5.72. The van der Waals surface area contributed by atoms with Crippen LogP contribution in [0.5, 0.6) is 0 Å². The molecule has 1 aliphatic heterocycles. The number of carbonyl (C=O) groups excluding carboxylic acids is 1. The fourth-order valence-corrected chi connectivity index (χ4v) is 3.73. The van der Waals surface area contributed by atoms with Crippen molar-refractivity contribution in [1.82, 2.24) is 4.90 Å². The molecule has 11 nitrogen and oxygen atoms in total. The van der Waals surface area contributed by atoms with Crippen LogP contribution in [0, 0.1) is 20.2 Å². The topological polar surface area (TPSA) is 153 Å². The molecule has 144 valence electrons. The van der Waals surface area contributed by atoms with E-state index in [1.54, 1.807) is 0 Å². The molecule has 1 aromatic carbocycles. The number of amides is 1. The van der Waals surface area contributed by atoms with E-state index in [4.69, 9.17) is 4.74 Å². The molecule has 1 saturated carbocycles. The molecule has 2 aliphatic rings. The zero-order valence-corrected chi connectivity index (χ0v) is 14.2. The maximum atomic E-state index is 13.1. The number of carboxylic acids is 1. The van der Waals surface area contributed by atoms with E-state index in [9.17, 15) is 34.9 Å². The minimum atomic E-state index is -1.26. The maximum Gasteiger partial charge on any atom is 0.328 e. The molecule has 1 spiro atoms. The number of nitro groups is 2. The lowest BCUT2D eigenvalue weighted by atomic mass is 9.89. The van der Waals surface area contributed by atoms with Gasteiger partial charge in [-0.3, -0.25) is 29.9 Å². The average Bonchev–Trinajstić information content (AvgIpc) is 2.99. The number of rotatable bonds is 4. The number of nitrogens with zero attached hydrogens (tertiary/aromatic N) is 3. The monoisotopic (exact) mass is 379 g/mol. The van der Waals surface area contributed by atoms with Crippen molar-refractivity contribution in [1.29, 1.82) is 0 Å². The van der Waals surface area contributed by atoms with Gasteiger partial charge in [-0.05, 0) is 25.7 Å². The van der Waals surface area contributed by atoms with E-state index in [0.29, 0.717) is 12.8 Å². The number of ether oxygens (including phenoxy) is 1. The SMILES string of the molecule is O=C(O)C1COC2(CCCCC2)N1C(=O)c1cc([N+](=O)[O-])cc([N+](=O)[O-])c1. The molecular weight excluding hydrogens is 362 g/mol. The summed E-state index contributed by atoms with van der Waals surface area (Å²) >= 11 is 0. The van der Waals surface area contributed by atoms with Crippen LogP contribution < -0.4 is 0 Å². The first-order valence-corrected chi connectivity index (χ1v) is 8.39. The van der Waals surface area contributed by atoms with Gasteiger partial charge in [-0.15, -0.1) is 0 Å². The van der Waals surface area contributed by atoms with Gasteiger partial charge in [0.1, 0.15) is 5.72 Å². The molecule has 1 N–H and O–H groups in total. The van der Waals surface area contributed by atoms with Gasteiger partial charge in [0.15, 0.2) is 6.04 Å². The van der Waals surface area contributed by atoms with Crippen molar-refractivity contribution in [3.05, 3.63) is 44.0 Å². The minimum Gasteiger partial charge on any atom is -0.480 e. The van der Waals surface area contributed by atoms with Crippen molar-refractivity contribution in [2.45, 2.75) is 43.9 Å². The van der Waals surface area contributed by atoms with Gasteiger partial charge in [0.05, 0.1) is 28.1 Å². The highest BCUT2D eigenvalue weighted by molar-refractivity contribution is 5.98. The summed E-state index contributed by atoms with van der Waals surface area (Å²) in [4.78, 5) is 46.3. The van der Waals surface area contributed by atoms with Crippen LogP contribution in [0.2, 0.25) is 0 Å². The number of hydrogen-bond acceptors (Lipinski definition) is 7. The first-order valence-electron chi connectivity index (χ1n) is 8.39. The Hall–Kier alpha value is -3.08. The molecule has 1 heterocycles. The van der Waals surface area contributed by atoms with Gasteiger partial charge in [-0.25, -0.2) is 4.79 Å². The van der Waals surface area contributed by atoms with Crippen molar-refractivity contribution < 1.29 is 29.3 Å². The predicted molar refractivity (Wildman–Crippen MR) is 89.1 cm³/mol. The summed E-state index contributed by atoms with van der Waals surface area (Å²) in [7, 11) is 0. The van der Waals surface area contributed by atoms with E-state index in [1.807, 2.05) is 0 Å². The largest absolute Gasteiger partial charge is 0.480 e. The van der Waals surface area contributed by atoms with Crippen LogP contribution in [0.4, 0.5) is 11.4 Å². The Kier molecular flexibility index (Phi) is 4.79. The number of benzene rings is 1. The average molecular weight is 379 g/mol. The second-order valence-electron chi connectivity index (χ2n) is 6.60. The first kappa shape index (κ1) is 18.7. The van der Waals surface area contributed by atoms with Crippen molar-refractivity contribution in [2.75, 3.05) is 6.61 Å². The lowest BCUT2D eigenvalue weighted by Gasteiger charge is -2.41. The smallest absolute Gasteiger partial charge is 0.328 e. The predicted octanol–water partition coefficient (Wildman–Crippen LogP) is 2.09. The normalized spacial score (nSPS) is 21.2. The third-order valence-electron chi connectivity index (χ3n) is 4.97. The number of carbonyl (C=O) groups is 2. The van der Waals surface area contributed by atoms with Crippen LogP contribution in [-0.4, -0.2) is 50.1 Å². The van der Waals surface area contributed by atoms with E-state index < -0.39 is 44.9 Å². The number of non-ortho nitro benzene ring substituents is 2. The number of nitro benzene ring substituents is 2. The van der Waals surface area contributed by atoms with E-state index in [2.05, 4.69) is 0 Å². The minimum absolute atomic E-state index is 0.196. The van der Waals surface area contributed by atoms with Gasteiger partial charge in [-0.2, -0.15) is 0 Å². The lowest BCUT2D eigenvalue weighted by molar-refractivity contribution is -0.394. The Morgan fingerprint density at radius 1 is 1.07 bits per heavy atom. The molecule has 0 radical (unpaired) electrons. The number of hydrogen-bond donors (Lipinski definition) is 1. The van der Waals surface area contributed by atoms with Crippen LogP contribution in [0.15, 0.2) is 18.2 Å². The molecular formula is C16H17N3O8. The molecule has 1 saturated heterocycles. The summed E-state index contributed by atoms with van der Waals surface area (Å²) in [5, 5.41) is 31.6. The quantitative estimate of drug-likeness (QED) is 0.616. The molecule has 3 rings (SSSR count). The Morgan fingerprint density at radius 2 is 1.63 bits per heavy atom. The fraction of sp³-hybridized carbons (Fsp3) is 0.500. The highest BCUT2D eigenvalue weighted by Crippen LogP contribution is 2.41. The molecule has 0 aromatic heterocycles. The second-order valence-corrected chi connectivity index (χ2v) is 6.60. The van der Waals surface area contributed by atoms with Gasteiger partial charge >= 0.3 is 5.97 Å². The third kappa shape index (κ3) is 3.33. The third-order valence-corrected chi connectivity index (χ3v) is 4.97. The molecule has 0 bridgehead atoms. The van der Waals surface area contributed by atoms with Gasteiger partial charge in [0, 0.05) is 12.1 Å². The highest BCUT2D eigenvalue weighted by atomic mass is 16.6. The van der Waals surface area contributed by atoms with Gasteiger partial charge in [0.2, 0.25) is 0 Å². The summed E-state index contributed by atoms with van der Waals surface area (Å²) in [5.41, 5.74) is -2.63. The lowest BCUT2D eigenvalue weighted by Crippen LogP contribution is -2.54. The van der Waals surface area contributed by atoms with E-state index in [-0.39, 0.29) is 12.2 Å². The zero-order valence-electron chi connectivity index (χ0n) is 14.2. The molecule has 11 heteroatoms. The van der Waals surface area contributed by atoms with Crippen LogP contribution in [0.25, 0.3) is 0 Å². The van der Waals surface area contributed by atoms with Crippen molar-refractivity contribution in [2.24, 2.45) is 0 Å². The van der Waals surface area contributed by atoms with Gasteiger partial charge in [0.25, 0.3) is 17.3 Å². The molecule has 1 aliphatic carbocycles. The Balaban J connectivity index is 2.07. The summed E-state index contributed by atoms with van der Waals surface area (Å²) in [5.74, 6) is -2.08. The number of carboxylic acid groups (broad SMARTS) is 1. The fourth-order valence-electron chi connectivity index (χ4n) is 3.73. The zero-order chi connectivity index (χ0) is 19.8. The second kappa shape index (κ2) is 6.91. The summed E-state index contributed by atoms with van der Waals surface area (Å²) in [6, 6.07) is 1.34. The van der Waals surface area contributed by atoms with Crippen LogP contribution in [0.3, 0.4) is 0 Å². The standard InChI is InChI=1S/C16H17N3O8/c20-14(10-6-11(18(23)24)8-12(7-10)19(25)26)17-13(15(21)22)9-27-16(17)4-2-1-3-5-16/h6-8,13H,1-5,9H2,(H,21,22). The molecule has 1 atom stereocenters. The van der Waals surface area contributed by atoms with E-state index >= 15 is 0 Å². The Labute approximate surface area is 152 Å². The summed E-state index contributed by atoms with van der Waals surface area (Å²) in [6.45, 7) is -0.196. The van der Waals surface area contributed by atoms with E-state index in [1.165, 1.54) is 0 Å². The van der Waals surface area contributed by atoms with Crippen LogP contribution in [0.1, 0.15) is 42.5 Å². The van der Waals surface area contributed by atoms with Crippen molar-refractivity contribution in [3.63, 3.8) is 0 Å². The molecule has 1 amide bonds. The van der Waals surface area contributed by atoms with E-state index in [0.717, 1.165) is 42.4 Å². The van der Waals surface area contributed by atoms with Crippen LogP contribution >= 0.6 is 0 Å². The molecule has 1 aromatic rings. The maximum absolute atomic E-state index is 13.1. The molecule has 27 heavy (non-hydrogen) atoms.